The van der Waals surface area contributed by atoms with Crippen molar-refractivity contribution in [2.75, 3.05) is 39.4 Å². The molecule has 106 valence electrons. The molecule has 1 saturated heterocycles. The van der Waals surface area contributed by atoms with Gasteiger partial charge < -0.3 is 9.88 Å². The SMILES string of the molecule is O=C(c1ccc2[nH]ccc2c1)N1CCN(CCF)CC1. The summed E-state index contributed by atoms with van der Waals surface area (Å²) < 4.78 is 12.3. The van der Waals surface area contributed by atoms with Crippen LogP contribution >= 0.6 is 0 Å². The van der Waals surface area contributed by atoms with E-state index in [0.29, 0.717) is 19.6 Å². The lowest BCUT2D eigenvalue weighted by Gasteiger charge is -2.34. The first kappa shape index (κ1) is 13.1. The summed E-state index contributed by atoms with van der Waals surface area (Å²) in [6, 6.07) is 7.67. The number of hydrogen-bond acceptors (Lipinski definition) is 2. The molecule has 1 aliphatic heterocycles. The van der Waals surface area contributed by atoms with Gasteiger partial charge in [-0.1, -0.05) is 0 Å². The molecule has 0 aliphatic carbocycles. The lowest BCUT2D eigenvalue weighted by atomic mass is 10.1. The Kier molecular flexibility index (Phi) is 3.69. The van der Waals surface area contributed by atoms with Gasteiger partial charge in [-0.15, -0.1) is 0 Å². The Balaban J connectivity index is 1.69. The van der Waals surface area contributed by atoms with Crippen molar-refractivity contribution in [3.8, 4) is 0 Å². The van der Waals surface area contributed by atoms with Crippen LogP contribution in [0.5, 0.6) is 0 Å². The van der Waals surface area contributed by atoms with Gasteiger partial charge in [0.2, 0.25) is 0 Å². The molecule has 1 fully saturated rings. The zero-order valence-corrected chi connectivity index (χ0v) is 11.3. The highest BCUT2D eigenvalue weighted by Crippen LogP contribution is 2.16. The Morgan fingerprint density at radius 3 is 2.75 bits per heavy atom. The van der Waals surface area contributed by atoms with Crippen molar-refractivity contribution >= 4 is 16.8 Å². The molecular weight excluding hydrogens is 257 g/mol. The molecule has 0 bridgehead atoms. The third-order valence-corrected chi connectivity index (χ3v) is 3.86. The predicted molar refractivity (Wildman–Crippen MR) is 76.6 cm³/mol. The van der Waals surface area contributed by atoms with Crippen LogP contribution in [0.15, 0.2) is 30.5 Å². The smallest absolute Gasteiger partial charge is 0.253 e. The number of nitrogens with one attached hydrogen (secondary N) is 1. The Hall–Kier alpha value is -1.88. The van der Waals surface area contributed by atoms with Gasteiger partial charge in [-0.25, -0.2) is 4.39 Å². The number of rotatable bonds is 3. The molecule has 1 aromatic carbocycles. The van der Waals surface area contributed by atoms with E-state index in [9.17, 15) is 9.18 Å². The van der Waals surface area contributed by atoms with Crippen LogP contribution in [-0.2, 0) is 0 Å². The Morgan fingerprint density at radius 1 is 1.20 bits per heavy atom. The molecule has 20 heavy (non-hydrogen) atoms. The lowest BCUT2D eigenvalue weighted by Crippen LogP contribution is -2.49. The second kappa shape index (κ2) is 5.63. The van der Waals surface area contributed by atoms with Crippen LogP contribution in [-0.4, -0.2) is 60.1 Å². The molecule has 1 aromatic heterocycles. The Bertz CT molecular complexity index is 602. The molecule has 0 spiro atoms. The number of carbonyl (C=O) groups excluding carboxylic acids is 1. The quantitative estimate of drug-likeness (QED) is 0.929. The summed E-state index contributed by atoms with van der Waals surface area (Å²) >= 11 is 0. The number of hydrogen-bond donors (Lipinski definition) is 1. The Morgan fingerprint density at radius 2 is 2.00 bits per heavy atom. The second-order valence-electron chi connectivity index (χ2n) is 5.10. The van der Waals surface area contributed by atoms with Crippen LogP contribution in [0.2, 0.25) is 0 Å². The lowest BCUT2D eigenvalue weighted by molar-refractivity contribution is 0.0631. The van der Waals surface area contributed by atoms with Gasteiger partial charge in [0.1, 0.15) is 6.67 Å². The highest BCUT2D eigenvalue weighted by molar-refractivity contribution is 5.98. The van der Waals surface area contributed by atoms with Crippen LogP contribution in [0.25, 0.3) is 10.9 Å². The number of aromatic nitrogens is 1. The highest BCUT2D eigenvalue weighted by atomic mass is 19.1. The van der Waals surface area contributed by atoms with E-state index in [4.69, 9.17) is 0 Å². The van der Waals surface area contributed by atoms with E-state index in [0.717, 1.165) is 29.6 Å². The standard InChI is InChI=1S/C15H18FN3O/c16-4-6-18-7-9-19(10-8-18)15(20)13-1-2-14-12(11-13)3-5-17-14/h1-3,5,11,17H,4,6-10H2. The van der Waals surface area contributed by atoms with Crippen molar-refractivity contribution in [3.05, 3.63) is 36.0 Å². The molecule has 4 nitrogen and oxygen atoms in total. The zero-order valence-electron chi connectivity index (χ0n) is 11.3. The summed E-state index contributed by atoms with van der Waals surface area (Å²) in [6.45, 7) is 2.99. The number of amides is 1. The fourth-order valence-electron chi connectivity index (χ4n) is 2.66. The van der Waals surface area contributed by atoms with E-state index < -0.39 is 0 Å². The minimum atomic E-state index is -0.321. The second-order valence-corrected chi connectivity index (χ2v) is 5.10. The van der Waals surface area contributed by atoms with E-state index in [1.807, 2.05) is 35.4 Å². The molecule has 3 rings (SSSR count). The first-order valence-electron chi connectivity index (χ1n) is 6.92. The minimum absolute atomic E-state index is 0.0630. The van der Waals surface area contributed by atoms with Crippen LogP contribution in [0.1, 0.15) is 10.4 Å². The largest absolute Gasteiger partial charge is 0.361 e. The third kappa shape index (κ3) is 2.54. The summed E-state index contributed by atoms with van der Waals surface area (Å²) in [6.07, 6.45) is 1.87. The Labute approximate surface area is 117 Å². The summed E-state index contributed by atoms with van der Waals surface area (Å²) in [5, 5.41) is 1.05. The topological polar surface area (TPSA) is 39.3 Å². The molecule has 1 N–H and O–H groups in total. The first-order chi connectivity index (χ1) is 9.78. The van der Waals surface area contributed by atoms with Crippen LogP contribution < -0.4 is 0 Å². The average Bonchev–Trinajstić information content (AvgIpc) is 2.95. The van der Waals surface area contributed by atoms with Crippen LogP contribution in [0.3, 0.4) is 0 Å². The van der Waals surface area contributed by atoms with E-state index >= 15 is 0 Å². The molecule has 0 radical (unpaired) electrons. The number of nitrogens with zero attached hydrogens (tertiary/aromatic N) is 2. The summed E-state index contributed by atoms with van der Waals surface area (Å²) in [5.41, 5.74) is 1.75. The number of piperazine rings is 1. The molecule has 1 aliphatic rings. The number of aromatic amines is 1. The fraction of sp³-hybridized carbons (Fsp3) is 0.400. The van der Waals surface area contributed by atoms with E-state index in [1.165, 1.54) is 0 Å². The van der Waals surface area contributed by atoms with Crippen molar-refractivity contribution in [2.24, 2.45) is 0 Å². The van der Waals surface area contributed by atoms with E-state index in [1.54, 1.807) is 0 Å². The van der Waals surface area contributed by atoms with Crippen molar-refractivity contribution in [1.29, 1.82) is 0 Å². The molecule has 5 heteroatoms. The molecule has 0 atom stereocenters. The van der Waals surface area contributed by atoms with Crippen LogP contribution in [0.4, 0.5) is 4.39 Å². The van der Waals surface area contributed by atoms with Crippen LogP contribution in [0, 0.1) is 0 Å². The number of H-pyrrole nitrogens is 1. The fourth-order valence-corrected chi connectivity index (χ4v) is 2.66. The van der Waals surface area contributed by atoms with Gasteiger partial charge in [0, 0.05) is 55.4 Å². The highest BCUT2D eigenvalue weighted by Gasteiger charge is 2.21. The maximum Gasteiger partial charge on any atom is 0.253 e. The minimum Gasteiger partial charge on any atom is -0.361 e. The number of fused-ring (bicyclic) bond motifs is 1. The zero-order chi connectivity index (χ0) is 13.9. The van der Waals surface area contributed by atoms with Gasteiger partial charge in [0.05, 0.1) is 0 Å². The van der Waals surface area contributed by atoms with Gasteiger partial charge in [0.15, 0.2) is 0 Å². The predicted octanol–water partition coefficient (Wildman–Crippen LogP) is 1.90. The number of alkyl halides is 1. The molecule has 1 amide bonds. The molecule has 0 unspecified atom stereocenters. The van der Waals surface area contributed by atoms with Crippen molar-refractivity contribution in [1.82, 2.24) is 14.8 Å². The van der Waals surface area contributed by atoms with Gasteiger partial charge in [0.25, 0.3) is 5.91 Å². The normalized spacial score (nSPS) is 16.8. The van der Waals surface area contributed by atoms with Crippen molar-refractivity contribution < 1.29 is 9.18 Å². The molecular formula is C15H18FN3O. The number of benzene rings is 1. The molecule has 2 heterocycles. The summed E-state index contributed by atoms with van der Waals surface area (Å²) in [4.78, 5) is 19.5. The number of carbonyl (C=O) groups is 1. The van der Waals surface area contributed by atoms with E-state index in [-0.39, 0.29) is 12.6 Å². The maximum atomic E-state index is 12.5. The van der Waals surface area contributed by atoms with Gasteiger partial charge >= 0.3 is 0 Å². The van der Waals surface area contributed by atoms with Crippen molar-refractivity contribution in [2.45, 2.75) is 0 Å². The first-order valence-corrected chi connectivity index (χ1v) is 6.92. The summed E-state index contributed by atoms with van der Waals surface area (Å²) in [5.74, 6) is 0.0630. The van der Waals surface area contributed by atoms with Gasteiger partial charge in [-0.3, -0.25) is 9.69 Å². The molecule has 0 saturated carbocycles. The monoisotopic (exact) mass is 275 g/mol. The van der Waals surface area contributed by atoms with Gasteiger partial charge in [-0.2, -0.15) is 0 Å². The van der Waals surface area contributed by atoms with Crippen molar-refractivity contribution in [3.63, 3.8) is 0 Å². The molecule has 2 aromatic rings. The summed E-state index contributed by atoms with van der Waals surface area (Å²) in [7, 11) is 0. The third-order valence-electron chi connectivity index (χ3n) is 3.86. The number of halogens is 1. The average molecular weight is 275 g/mol. The van der Waals surface area contributed by atoms with Gasteiger partial charge in [-0.05, 0) is 24.3 Å². The maximum absolute atomic E-state index is 12.5. The van der Waals surface area contributed by atoms with E-state index in [2.05, 4.69) is 9.88 Å².